The first-order valence-electron chi connectivity index (χ1n) is 11.6. The molecule has 0 fully saturated rings. The van der Waals surface area contributed by atoms with Crippen molar-refractivity contribution in [2.45, 2.75) is 0 Å². The molecule has 0 aliphatic heterocycles. The largest absolute Gasteiger partial charge is 0.280 e. The average Bonchev–Trinajstić information content (AvgIpc) is 2.95. The summed E-state index contributed by atoms with van der Waals surface area (Å²) in [6.07, 6.45) is 0. The van der Waals surface area contributed by atoms with Crippen LogP contribution in [0.5, 0.6) is 0 Å². The van der Waals surface area contributed by atoms with E-state index in [0.717, 1.165) is 5.56 Å². The SMILES string of the molecule is O=C(Nn1c(-c2ccc(Cl)cc2)nc2ccccc2c1=O)c1cc(-c2ccccc2)nc2ccccc12. The van der Waals surface area contributed by atoms with E-state index in [-0.39, 0.29) is 5.56 Å². The van der Waals surface area contributed by atoms with Crippen molar-refractivity contribution in [3.05, 3.63) is 130 Å². The highest BCUT2D eigenvalue weighted by Gasteiger charge is 2.19. The number of rotatable bonds is 4. The molecule has 0 saturated carbocycles. The molecule has 0 radical (unpaired) electrons. The fourth-order valence-corrected chi connectivity index (χ4v) is 4.44. The molecule has 2 heterocycles. The lowest BCUT2D eigenvalue weighted by molar-refractivity contribution is 0.101. The number of para-hydroxylation sites is 2. The summed E-state index contributed by atoms with van der Waals surface area (Å²) in [4.78, 5) is 36.8. The van der Waals surface area contributed by atoms with Crippen molar-refractivity contribution in [2.24, 2.45) is 0 Å². The predicted octanol–water partition coefficient (Wildman–Crippen LogP) is 6.32. The summed E-state index contributed by atoms with van der Waals surface area (Å²) in [6, 6.07) is 32.8. The first-order chi connectivity index (χ1) is 18.1. The van der Waals surface area contributed by atoms with Crippen LogP contribution in [0.15, 0.2) is 114 Å². The average molecular weight is 503 g/mol. The second-order valence-corrected chi connectivity index (χ2v) is 8.92. The maximum absolute atomic E-state index is 13.8. The molecule has 178 valence electrons. The van der Waals surface area contributed by atoms with Crippen LogP contribution in [0, 0.1) is 0 Å². The maximum atomic E-state index is 13.8. The van der Waals surface area contributed by atoms with Gasteiger partial charge in [-0.2, -0.15) is 4.68 Å². The van der Waals surface area contributed by atoms with E-state index in [4.69, 9.17) is 21.6 Å². The fraction of sp³-hybridized carbons (Fsp3) is 0. The number of nitrogens with one attached hydrogen (secondary N) is 1. The van der Waals surface area contributed by atoms with E-state index in [9.17, 15) is 9.59 Å². The molecule has 2 aromatic heterocycles. The number of hydrogen-bond acceptors (Lipinski definition) is 4. The Bertz CT molecular complexity index is 1850. The van der Waals surface area contributed by atoms with Crippen molar-refractivity contribution in [1.29, 1.82) is 0 Å². The van der Waals surface area contributed by atoms with Gasteiger partial charge in [0.15, 0.2) is 5.82 Å². The summed E-state index contributed by atoms with van der Waals surface area (Å²) in [7, 11) is 0. The van der Waals surface area contributed by atoms with Gasteiger partial charge in [-0.15, -0.1) is 0 Å². The van der Waals surface area contributed by atoms with Gasteiger partial charge < -0.3 is 0 Å². The van der Waals surface area contributed by atoms with E-state index in [1.54, 1.807) is 48.5 Å². The molecule has 0 spiro atoms. The molecule has 0 aliphatic rings. The van der Waals surface area contributed by atoms with E-state index < -0.39 is 5.91 Å². The van der Waals surface area contributed by atoms with Crippen LogP contribution >= 0.6 is 11.6 Å². The Labute approximate surface area is 216 Å². The van der Waals surface area contributed by atoms with Crippen LogP contribution in [-0.4, -0.2) is 20.6 Å². The summed E-state index contributed by atoms with van der Waals surface area (Å²) >= 11 is 6.09. The van der Waals surface area contributed by atoms with Crippen LogP contribution in [0.3, 0.4) is 0 Å². The maximum Gasteiger partial charge on any atom is 0.280 e. The fourth-order valence-electron chi connectivity index (χ4n) is 4.31. The Morgan fingerprint density at radius 3 is 2.05 bits per heavy atom. The highest BCUT2D eigenvalue weighted by molar-refractivity contribution is 6.30. The van der Waals surface area contributed by atoms with Gasteiger partial charge in [0.05, 0.1) is 27.7 Å². The zero-order valence-electron chi connectivity index (χ0n) is 19.4. The van der Waals surface area contributed by atoms with Gasteiger partial charge in [0.1, 0.15) is 0 Å². The highest BCUT2D eigenvalue weighted by atomic mass is 35.5. The molecule has 0 bridgehead atoms. The van der Waals surface area contributed by atoms with Gasteiger partial charge in [0.2, 0.25) is 0 Å². The van der Waals surface area contributed by atoms with Crippen LogP contribution in [0.4, 0.5) is 0 Å². The molecule has 1 N–H and O–H groups in total. The van der Waals surface area contributed by atoms with Crippen molar-refractivity contribution in [3.63, 3.8) is 0 Å². The summed E-state index contributed by atoms with van der Waals surface area (Å²) < 4.78 is 1.20. The quantitative estimate of drug-likeness (QED) is 0.306. The number of pyridine rings is 1. The molecule has 37 heavy (non-hydrogen) atoms. The van der Waals surface area contributed by atoms with Crippen LogP contribution in [0.1, 0.15) is 10.4 Å². The molecule has 0 saturated heterocycles. The van der Waals surface area contributed by atoms with Crippen LogP contribution in [0.2, 0.25) is 5.02 Å². The number of amides is 1. The number of aromatic nitrogens is 3. The summed E-state index contributed by atoms with van der Waals surface area (Å²) in [6.45, 7) is 0. The third kappa shape index (κ3) is 4.24. The number of benzene rings is 4. The lowest BCUT2D eigenvalue weighted by Gasteiger charge is -2.16. The first kappa shape index (κ1) is 22.6. The van der Waals surface area contributed by atoms with E-state index in [1.807, 2.05) is 60.7 Å². The molecule has 4 aromatic carbocycles. The molecule has 6 rings (SSSR count). The van der Waals surface area contributed by atoms with Crippen molar-refractivity contribution >= 4 is 39.3 Å². The van der Waals surface area contributed by atoms with Gasteiger partial charge in [0, 0.05) is 21.5 Å². The minimum Gasteiger partial charge on any atom is -0.267 e. The third-order valence-electron chi connectivity index (χ3n) is 6.12. The van der Waals surface area contributed by atoms with Crippen molar-refractivity contribution in [1.82, 2.24) is 14.6 Å². The normalized spacial score (nSPS) is 11.1. The monoisotopic (exact) mass is 502 g/mol. The molecule has 0 atom stereocenters. The third-order valence-corrected chi connectivity index (χ3v) is 6.37. The predicted molar refractivity (Wildman–Crippen MR) is 147 cm³/mol. The van der Waals surface area contributed by atoms with E-state index in [0.29, 0.717) is 49.5 Å². The van der Waals surface area contributed by atoms with Gasteiger partial charge in [-0.1, -0.05) is 72.3 Å². The van der Waals surface area contributed by atoms with Crippen molar-refractivity contribution in [2.75, 3.05) is 5.43 Å². The molecular weight excluding hydrogens is 484 g/mol. The van der Waals surface area contributed by atoms with Gasteiger partial charge in [0.25, 0.3) is 11.5 Å². The topological polar surface area (TPSA) is 76.9 Å². The van der Waals surface area contributed by atoms with Gasteiger partial charge in [-0.05, 0) is 48.5 Å². The minimum absolute atomic E-state index is 0.301. The molecule has 0 aliphatic carbocycles. The highest BCUT2D eigenvalue weighted by Crippen LogP contribution is 2.26. The van der Waals surface area contributed by atoms with E-state index >= 15 is 0 Å². The second-order valence-electron chi connectivity index (χ2n) is 8.48. The lowest BCUT2D eigenvalue weighted by Crippen LogP contribution is -2.35. The molecule has 7 heteroatoms. The molecule has 1 amide bonds. The molecular formula is C30H19ClN4O2. The van der Waals surface area contributed by atoms with Gasteiger partial charge in [-0.25, -0.2) is 9.97 Å². The van der Waals surface area contributed by atoms with E-state index in [2.05, 4.69) is 5.43 Å². The standard InChI is InChI=1S/C30H19ClN4O2/c31-21-16-14-20(15-17-21)28-33-26-13-7-5-11-23(26)30(37)35(28)34-29(36)24-18-27(19-8-2-1-3-9-19)32-25-12-6-4-10-22(24)25/h1-18H,(H,34,36). The summed E-state index contributed by atoms with van der Waals surface area (Å²) in [5.74, 6) is -0.152. The number of carbonyl (C=O) groups is 1. The zero-order valence-corrected chi connectivity index (χ0v) is 20.2. The second kappa shape index (κ2) is 9.33. The Kier molecular flexibility index (Phi) is 5.71. The van der Waals surface area contributed by atoms with Crippen molar-refractivity contribution < 1.29 is 4.79 Å². The number of hydrogen-bond donors (Lipinski definition) is 1. The van der Waals surface area contributed by atoms with Gasteiger partial charge in [-0.3, -0.25) is 15.0 Å². The molecule has 6 aromatic rings. The number of nitrogens with zero attached hydrogens (tertiary/aromatic N) is 3. The van der Waals surface area contributed by atoms with Crippen LogP contribution < -0.4 is 11.0 Å². The molecule has 0 unspecified atom stereocenters. The van der Waals surface area contributed by atoms with Crippen LogP contribution in [-0.2, 0) is 0 Å². The number of carbonyl (C=O) groups excluding carboxylic acids is 1. The number of fused-ring (bicyclic) bond motifs is 2. The lowest BCUT2D eigenvalue weighted by atomic mass is 10.0. The Balaban J connectivity index is 1.52. The minimum atomic E-state index is -0.454. The summed E-state index contributed by atoms with van der Waals surface area (Å²) in [5.41, 5.74) is 6.21. The van der Waals surface area contributed by atoms with Gasteiger partial charge >= 0.3 is 0 Å². The van der Waals surface area contributed by atoms with Crippen LogP contribution in [0.25, 0.3) is 44.5 Å². The van der Waals surface area contributed by atoms with Crippen molar-refractivity contribution in [3.8, 4) is 22.6 Å². The molecule has 6 nitrogen and oxygen atoms in total. The Morgan fingerprint density at radius 2 is 1.32 bits per heavy atom. The Morgan fingerprint density at radius 1 is 0.703 bits per heavy atom. The smallest absolute Gasteiger partial charge is 0.267 e. The first-order valence-corrected chi connectivity index (χ1v) is 12.0. The summed E-state index contributed by atoms with van der Waals surface area (Å²) in [5, 5.41) is 1.62. The Hall–Kier alpha value is -4.81. The van der Waals surface area contributed by atoms with E-state index in [1.165, 1.54) is 4.68 Å². The zero-order chi connectivity index (χ0) is 25.4. The number of halogens is 1.